The van der Waals surface area contributed by atoms with Gasteiger partial charge in [-0.25, -0.2) is 9.97 Å². The van der Waals surface area contributed by atoms with E-state index in [0.29, 0.717) is 31.9 Å². The third-order valence-electron chi connectivity index (χ3n) is 6.68. The van der Waals surface area contributed by atoms with Gasteiger partial charge in [-0.1, -0.05) is 25.1 Å². The molecule has 2 aromatic heterocycles. The molecule has 1 atom stereocenters. The van der Waals surface area contributed by atoms with Crippen LogP contribution in [0.3, 0.4) is 0 Å². The summed E-state index contributed by atoms with van der Waals surface area (Å²) in [5, 5.41) is 12.7. The van der Waals surface area contributed by atoms with Crippen LogP contribution in [0.25, 0.3) is 22.1 Å². The number of carbonyl (C=O) groups is 1. The van der Waals surface area contributed by atoms with Gasteiger partial charge in [0, 0.05) is 30.8 Å². The lowest BCUT2D eigenvalue weighted by atomic mass is 10.1. The van der Waals surface area contributed by atoms with E-state index in [4.69, 9.17) is 14.5 Å². The monoisotopic (exact) mass is 527 g/mol. The number of nitrogens with zero attached hydrogens (tertiary/aromatic N) is 3. The number of aromatic hydroxyl groups is 1. The number of amides is 1. The van der Waals surface area contributed by atoms with Crippen molar-refractivity contribution in [2.75, 3.05) is 19.8 Å². The zero-order valence-corrected chi connectivity index (χ0v) is 22.4. The smallest absolute Gasteiger partial charge is 0.251 e. The number of aromatic nitrogens is 4. The molecular weight excluding hydrogens is 494 g/mol. The highest BCUT2D eigenvalue weighted by Crippen LogP contribution is 2.28. The summed E-state index contributed by atoms with van der Waals surface area (Å²) in [6.45, 7) is 6.03. The minimum absolute atomic E-state index is 0.124. The van der Waals surface area contributed by atoms with Gasteiger partial charge in [0.05, 0.1) is 41.1 Å². The molecule has 0 radical (unpaired) electrons. The number of phenolic OH excluding ortho intramolecular Hbond substituents is 1. The molecule has 1 unspecified atom stereocenters. The van der Waals surface area contributed by atoms with Crippen LogP contribution in [0, 0.1) is 0 Å². The summed E-state index contributed by atoms with van der Waals surface area (Å²) in [6, 6.07) is 18.3. The SMILES string of the molecule is CCCOCc1ccccc1OCCNC(=O)c1ccc2nc(C(C)c3nc4ccc(O)cc4[nH]3)n(C)c2c1. The lowest BCUT2D eigenvalue weighted by Gasteiger charge is -2.12. The molecule has 5 rings (SSSR count). The average Bonchev–Trinajstić information content (AvgIpc) is 3.51. The number of hydrogen-bond donors (Lipinski definition) is 3. The Hall–Kier alpha value is -4.37. The van der Waals surface area contributed by atoms with Crippen molar-refractivity contribution < 1.29 is 19.4 Å². The quantitative estimate of drug-likeness (QED) is 0.207. The minimum atomic E-state index is -0.173. The highest BCUT2D eigenvalue weighted by atomic mass is 16.5. The molecule has 0 spiro atoms. The lowest BCUT2D eigenvalue weighted by Crippen LogP contribution is -2.28. The number of phenols is 1. The number of H-pyrrole nitrogens is 1. The fraction of sp³-hybridized carbons (Fsp3) is 0.300. The van der Waals surface area contributed by atoms with Crippen LogP contribution in [0.1, 0.15) is 53.8 Å². The normalized spacial score (nSPS) is 12.2. The number of rotatable bonds is 11. The highest BCUT2D eigenvalue weighted by molar-refractivity contribution is 5.97. The summed E-state index contributed by atoms with van der Waals surface area (Å²) in [7, 11) is 1.94. The first-order chi connectivity index (χ1) is 18.9. The van der Waals surface area contributed by atoms with Gasteiger partial charge in [0.2, 0.25) is 0 Å². The van der Waals surface area contributed by atoms with Crippen molar-refractivity contribution in [2.24, 2.45) is 7.05 Å². The molecule has 1 amide bonds. The second kappa shape index (κ2) is 11.6. The first-order valence-corrected chi connectivity index (χ1v) is 13.2. The van der Waals surface area contributed by atoms with Crippen molar-refractivity contribution >= 4 is 28.0 Å². The molecule has 0 fully saturated rings. The molecule has 3 N–H and O–H groups in total. The van der Waals surface area contributed by atoms with Crippen LogP contribution in [0.5, 0.6) is 11.5 Å². The summed E-state index contributed by atoms with van der Waals surface area (Å²) in [4.78, 5) is 25.7. The Labute approximate surface area is 226 Å². The zero-order valence-electron chi connectivity index (χ0n) is 22.4. The summed E-state index contributed by atoms with van der Waals surface area (Å²) in [5.41, 5.74) is 4.75. The molecule has 0 saturated heterocycles. The molecule has 9 heteroatoms. The Morgan fingerprint density at radius 1 is 1.08 bits per heavy atom. The fourth-order valence-corrected chi connectivity index (χ4v) is 4.60. The number of nitrogens with one attached hydrogen (secondary N) is 2. The molecular formula is C30H33N5O4. The molecule has 0 bridgehead atoms. The van der Waals surface area contributed by atoms with Crippen LogP contribution in [0.15, 0.2) is 60.7 Å². The molecule has 202 valence electrons. The Morgan fingerprint density at radius 3 is 2.74 bits per heavy atom. The number of aromatic amines is 1. The van der Waals surface area contributed by atoms with Gasteiger partial charge in [0.25, 0.3) is 5.91 Å². The average molecular weight is 528 g/mol. The van der Waals surface area contributed by atoms with Crippen molar-refractivity contribution in [3.05, 3.63) is 83.4 Å². The number of ether oxygens (including phenoxy) is 2. The first-order valence-electron chi connectivity index (χ1n) is 13.2. The van der Waals surface area contributed by atoms with Crippen LogP contribution in [0.2, 0.25) is 0 Å². The topological polar surface area (TPSA) is 114 Å². The third kappa shape index (κ3) is 5.73. The van der Waals surface area contributed by atoms with E-state index in [0.717, 1.165) is 51.4 Å². The van der Waals surface area contributed by atoms with Crippen molar-refractivity contribution in [3.8, 4) is 11.5 Å². The molecule has 3 aromatic carbocycles. The van der Waals surface area contributed by atoms with Crippen LogP contribution < -0.4 is 10.1 Å². The van der Waals surface area contributed by atoms with Gasteiger partial charge in [0.15, 0.2) is 0 Å². The maximum Gasteiger partial charge on any atom is 0.251 e. The minimum Gasteiger partial charge on any atom is -0.508 e. The molecule has 0 aliphatic carbocycles. The van der Waals surface area contributed by atoms with E-state index in [1.54, 1.807) is 24.3 Å². The highest BCUT2D eigenvalue weighted by Gasteiger charge is 2.20. The van der Waals surface area contributed by atoms with E-state index in [1.807, 2.05) is 54.9 Å². The van der Waals surface area contributed by atoms with E-state index in [9.17, 15) is 9.90 Å². The number of fused-ring (bicyclic) bond motifs is 2. The van der Waals surface area contributed by atoms with Gasteiger partial charge in [-0.2, -0.15) is 0 Å². The Kier molecular flexibility index (Phi) is 7.79. The van der Waals surface area contributed by atoms with Crippen LogP contribution in [-0.4, -0.2) is 50.3 Å². The van der Waals surface area contributed by atoms with E-state index in [1.165, 1.54) is 0 Å². The lowest BCUT2D eigenvalue weighted by molar-refractivity contribution is 0.0945. The van der Waals surface area contributed by atoms with Crippen LogP contribution >= 0.6 is 0 Å². The van der Waals surface area contributed by atoms with Gasteiger partial charge >= 0.3 is 0 Å². The maximum atomic E-state index is 12.9. The van der Waals surface area contributed by atoms with Crippen molar-refractivity contribution in [2.45, 2.75) is 32.8 Å². The number of benzene rings is 3. The summed E-state index contributed by atoms with van der Waals surface area (Å²) < 4.78 is 13.5. The molecule has 0 saturated carbocycles. The van der Waals surface area contributed by atoms with Gasteiger partial charge < -0.3 is 29.4 Å². The van der Waals surface area contributed by atoms with Gasteiger partial charge in [-0.05, 0) is 49.7 Å². The molecule has 5 aromatic rings. The number of carbonyl (C=O) groups excluding carboxylic acids is 1. The number of aryl methyl sites for hydroxylation is 1. The predicted molar refractivity (Wildman–Crippen MR) is 150 cm³/mol. The largest absolute Gasteiger partial charge is 0.508 e. The van der Waals surface area contributed by atoms with Crippen molar-refractivity contribution in [1.29, 1.82) is 0 Å². The molecule has 2 heterocycles. The molecule has 9 nitrogen and oxygen atoms in total. The van der Waals surface area contributed by atoms with Gasteiger partial charge in [0.1, 0.15) is 29.8 Å². The summed E-state index contributed by atoms with van der Waals surface area (Å²) >= 11 is 0. The molecule has 0 aliphatic rings. The van der Waals surface area contributed by atoms with Gasteiger partial charge in [-0.3, -0.25) is 4.79 Å². The first kappa shape index (κ1) is 26.2. The number of para-hydroxylation sites is 1. The Morgan fingerprint density at radius 2 is 1.90 bits per heavy atom. The van der Waals surface area contributed by atoms with Crippen molar-refractivity contribution in [3.63, 3.8) is 0 Å². The fourth-order valence-electron chi connectivity index (χ4n) is 4.60. The predicted octanol–water partition coefficient (Wildman–Crippen LogP) is 5.04. The van der Waals surface area contributed by atoms with Gasteiger partial charge in [-0.15, -0.1) is 0 Å². The van der Waals surface area contributed by atoms with Crippen LogP contribution in [-0.2, 0) is 18.4 Å². The second-order valence-corrected chi connectivity index (χ2v) is 9.54. The Balaban J connectivity index is 1.23. The Bertz CT molecular complexity index is 1610. The van der Waals surface area contributed by atoms with Crippen molar-refractivity contribution in [1.82, 2.24) is 24.8 Å². The molecule has 39 heavy (non-hydrogen) atoms. The second-order valence-electron chi connectivity index (χ2n) is 9.54. The molecule has 0 aliphatic heterocycles. The third-order valence-corrected chi connectivity index (χ3v) is 6.68. The summed E-state index contributed by atoms with van der Waals surface area (Å²) in [6.07, 6.45) is 0.966. The summed E-state index contributed by atoms with van der Waals surface area (Å²) in [5.74, 6) is 2.23. The number of imidazole rings is 2. The standard InChI is InChI=1S/C30H33N5O4/c1-4-14-38-18-21-7-5-6-8-27(21)39-15-13-31-30(37)20-9-11-24-26(16-20)35(3)29(34-24)19(2)28-32-23-12-10-22(36)17-25(23)33-28/h5-12,16-17,19,36H,4,13-15,18H2,1-3H3,(H,31,37)(H,32,33). The van der Waals surface area contributed by atoms with E-state index < -0.39 is 0 Å². The maximum absolute atomic E-state index is 12.9. The number of hydrogen-bond acceptors (Lipinski definition) is 6. The zero-order chi connectivity index (χ0) is 27.4. The van der Waals surface area contributed by atoms with E-state index in [-0.39, 0.29) is 17.6 Å². The van der Waals surface area contributed by atoms with E-state index in [2.05, 4.69) is 22.2 Å². The van der Waals surface area contributed by atoms with E-state index >= 15 is 0 Å². The van der Waals surface area contributed by atoms with Crippen LogP contribution in [0.4, 0.5) is 0 Å².